The van der Waals surface area contributed by atoms with E-state index in [2.05, 4.69) is 0 Å². The maximum absolute atomic E-state index is 12.1. The van der Waals surface area contributed by atoms with Crippen LogP contribution in [0.2, 0.25) is 0 Å². The number of carboxylic acid groups (broad SMARTS) is 1. The average Bonchev–Trinajstić information content (AvgIpc) is 2.67. The summed E-state index contributed by atoms with van der Waals surface area (Å²) in [5, 5.41) is 8.76. The Morgan fingerprint density at radius 1 is 1.20 bits per heavy atom. The first kappa shape index (κ1) is 14.2. The number of likely N-dealkylation sites (N-methyl/N-ethyl adjacent to an activating group) is 1. The van der Waals surface area contributed by atoms with Gasteiger partial charge in [0.1, 0.15) is 0 Å². The van der Waals surface area contributed by atoms with E-state index in [4.69, 9.17) is 5.11 Å². The summed E-state index contributed by atoms with van der Waals surface area (Å²) in [4.78, 5) is 37.7. The Kier molecular flexibility index (Phi) is 4.14. The quantitative estimate of drug-likeness (QED) is 0.773. The number of hydrogen-bond donors (Lipinski definition) is 1. The molecule has 0 unspecified atom stereocenters. The highest BCUT2D eigenvalue weighted by Crippen LogP contribution is 2.21. The molecule has 1 N–H and O–H groups in total. The van der Waals surface area contributed by atoms with Gasteiger partial charge in [0.05, 0.1) is 17.7 Å². The number of fused-ring (bicyclic) bond motifs is 1. The summed E-state index contributed by atoms with van der Waals surface area (Å²) in [5.74, 6) is -1.54. The van der Waals surface area contributed by atoms with E-state index < -0.39 is 5.97 Å². The summed E-state index contributed by atoms with van der Waals surface area (Å²) in [5.41, 5.74) is 0.831. The Labute approximate surface area is 116 Å². The molecule has 0 aliphatic carbocycles. The number of benzene rings is 1. The van der Waals surface area contributed by atoms with E-state index in [0.29, 0.717) is 24.2 Å². The van der Waals surface area contributed by atoms with Crippen molar-refractivity contribution in [2.45, 2.75) is 6.92 Å². The smallest absolute Gasteiger partial charge is 0.317 e. The molecule has 6 heteroatoms. The zero-order chi connectivity index (χ0) is 14.7. The highest BCUT2D eigenvalue weighted by Gasteiger charge is 2.34. The van der Waals surface area contributed by atoms with Gasteiger partial charge in [0.2, 0.25) is 0 Å². The molecule has 0 aromatic heterocycles. The van der Waals surface area contributed by atoms with Gasteiger partial charge in [-0.15, -0.1) is 0 Å². The van der Waals surface area contributed by atoms with Crippen LogP contribution in [0, 0.1) is 0 Å². The van der Waals surface area contributed by atoms with Crippen LogP contribution in [0.4, 0.5) is 0 Å². The van der Waals surface area contributed by atoms with Crippen LogP contribution in [0.1, 0.15) is 27.6 Å². The molecule has 0 saturated carbocycles. The van der Waals surface area contributed by atoms with Gasteiger partial charge in [-0.05, 0) is 18.7 Å². The summed E-state index contributed by atoms with van der Waals surface area (Å²) in [6.07, 6.45) is 0. The number of amides is 2. The molecule has 0 saturated heterocycles. The van der Waals surface area contributed by atoms with E-state index >= 15 is 0 Å². The zero-order valence-electron chi connectivity index (χ0n) is 11.2. The number of nitrogens with zero attached hydrogens (tertiary/aromatic N) is 2. The fraction of sp³-hybridized carbons (Fsp3) is 0.357. The van der Waals surface area contributed by atoms with Crippen LogP contribution < -0.4 is 0 Å². The average molecular weight is 276 g/mol. The first-order valence-electron chi connectivity index (χ1n) is 6.44. The molecule has 0 bridgehead atoms. The molecule has 1 aromatic rings. The lowest BCUT2D eigenvalue weighted by molar-refractivity contribution is -0.138. The third-order valence-electron chi connectivity index (χ3n) is 3.32. The molecular weight excluding hydrogens is 260 g/mol. The van der Waals surface area contributed by atoms with Gasteiger partial charge >= 0.3 is 5.97 Å². The van der Waals surface area contributed by atoms with Gasteiger partial charge in [-0.25, -0.2) is 0 Å². The lowest BCUT2D eigenvalue weighted by atomic mass is 10.1. The minimum Gasteiger partial charge on any atom is -0.480 e. The summed E-state index contributed by atoms with van der Waals surface area (Å²) < 4.78 is 0. The Hall–Kier alpha value is -2.21. The molecule has 6 nitrogen and oxygen atoms in total. The number of imide groups is 1. The Morgan fingerprint density at radius 3 is 2.20 bits per heavy atom. The van der Waals surface area contributed by atoms with E-state index in [1.54, 1.807) is 29.2 Å². The minimum atomic E-state index is -0.922. The molecule has 2 rings (SSSR count). The van der Waals surface area contributed by atoms with E-state index in [1.165, 1.54) is 4.90 Å². The molecule has 1 aliphatic rings. The number of carbonyl (C=O) groups excluding carboxylic acids is 2. The molecule has 1 heterocycles. The second kappa shape index (κ2) is 5.83. The van der Waals surface area contributed by atoms with Gasteiger partial charge in [0.15, 0.2) is 0 Å². The molecule has 20 heavy (non-hydrogen) atoms. The molecular formula is C14H16N2O4. The van der Waals surface area contributed by atoms with Crippen LogP contribution in [0.5, 0.6) is 0 Å². The number of aliphatic carboxylic acids is 1. The summed E-state index contributed by atoms with van der Waals surface area (Å²) >= 11 is 0. The van der Waals surface area contributed by atoms with Crippen LogP contribution in [0.25, 0.3) is 0 Å². The van der Waals surface area contributed by atoms with Crippen molar-refractivity contribution in [3.05, 3.63) is 35.4 Å². The number of hydrogen-bond acceptors (Lipinski definition) is 4. The van der Waals surface area contributed by atoms with Crippen molar-refractivity contribution in [2.24, 2.45) is 0 Å². The van der Waals surface area contributed by atoms with Crippen molar-refractivity contribution >= 4 is 17.8 Å². The lowest BCUT2D eigenvalue weighted by Gasteiger charge is -2.21. The molecule has 106 valence electrons. The monoisotopic (exact) mass is 276 g/mol. The van der Waals surface area contributed by atoms with Crippen LogP contribution in [-0.2, 0) is 4.79 Å². The van der Waals surface area contributed by atoms with Gasteiger partial charge in [-0.2, -0.15) is 0 Å². The highest BCUT2D eigenvalue weighted by molar-refractivity contribution is 6.21. The summed E-state index contributed by atoms with van der Waals surface area (Å²) in [6, 6.07) is 6.70. The maximum atomic E-state index is 12.1. The van der Waals surface area contributed by atoms with Crippen LogP contribution in [-0.4, -0.2) is 58.9 Å². The zero-order valence-corrected chi connectivity index (χ0v) is 11.2. The minimum absolute atomic E-state index is 0.0976. The van der Waals surface area contributed by atoms with Gasteiger partial charge < -0.3 is 5.11 Å². The predicted octanol–water partition coefficient (Wildman–Crippen LogP) is 0.689. The Morgan fingerprint density at radius 2 is 1.75 bits per heavy atom. The van der Waals surface area contributed by atoms with Crippen molar-refractivity contribution in [1.82, 2.24) is 9.80 Å². The van der Waals surface area contributed by atoms with Gasteiger partial charge in [0.25, 0.3) is 11.8 Å². The molecule has 0 radical (unpaired) electrons. The van der Waals surface area contributed by atoms with Crippen molar-refractivity contribution in [3.63, 3.8) is 0 Å². The molecule has 0 spiro atoms. The number of rotatable bonds is 6. The molecule has 1 aliphatic heterocycles. The van der Waals surface area contributed by atoms with Crippen molar-refractivity contribution < 1.29 is 19.5 Å². The van der Waals surface area contributed by atoms with Crippen LogP contribution in [0.15, 0.2) is 24.3 Å². The lowest BCUT2D eigenvalue weighted by Crippen LogP contribution is -2.40. The predicted molar refractivity (Wildman–Crippen MR) is 71.6 cm³/mol. The van der Waals surface area contributed by atoms with E-state index in [1.807, 2.05) is 6.92 Å². The van der Waals surface area contributed by atoms with Gasteiger partial charge in [-0.3, -0.25) is 24.2 Å². The molecule has 0 atom stereocenters. The normalized spacial score (nSPS) is 14.0. The SMILES string of the molecule is CCN(CCN1C(=O)c2ccccc2C1=O)CC(=O)O. The highest BCUT2D eigenvalue weighted by atomic mass is 16.4. The van der Waals surface area contributed by atoms with E-state index in [0.717, 1.165) is 0 Å². The topological polar surface area (TPSA) is 77.9 Å². The largest absolute Gasteiger partial charge is 0.480 e. The first-order valence-corrected chi connectivity index (χ1v) is 6.44. The summed E-state index contributed by atoms with van der Waals surface area (Å²) in [6.45, 7) is 2.85. The van der Waals surface area contributed by atoms with Crippen molar-refractivity contribution in [3.8, 4) is 0 Å². The summed E-state index contributed by atoms with van der Waals surface area (Å²) in [7, 11) is 0. The van der Waals surface area contributed by atoms with Crippen LogP contribution in [0.3, 0.4) is 0 Å². The Bertz CT molecular complexity index is 521. The van der Waals surface area contributed by atoms with Crippen molar-refractivity contribution in [2.75, 3.05) is 26.2 Å². The second-order valence-corrected chi connectivity index (χ2v) is 4.57. The van der Waals surface area contributed by atoms with Gasteiger partial charge in [0, 0.05) is 13.1 Å². The van der Waals surface area contributed by atoms with E-state index in [-0.39, 0.29) is 24.9 Å². The Balaban J connectivity index is 2.03. The van der Waals surface area contributed by atoms with E-state index in [9.17, 15) is 14.4 Å². The standard InChI is InChI=1S/C14H16N2O4/c1-2-15(9-12(17)18)7-8-16-13(19)10-5-3-4-6-11(10)14(16)20/h3-6H,2,7-9H2,1H3,(H,17,18). The number of carbonyl (C=O) groups is 3. The first-order chi connectivity index (χ1) is 9.54. The fourth-order valence-corrected chi connectivity index (χ4v) is 2.22. The molecule has 0 fully saturated rings. The fourth-order valence-electron chi connectivity index (χ4n) is 2.22. The molecule has 1 aromatic carbocycles. The third kappa shape index (κ3) is 2.70. The van der Waals surface area contributed by atoms with Gasteiger partial charge in [-0.1, -0.05) is 19.1 Å². The third-order valence-corrected chi connectivity index (χ3v) is 3.32. The van der Waals surface area contributed by atoms with Crippen LogP contribution >= 0.6 is 0 Å². The van der Waals surface area contributed by atoms with Crippen molar-refractivity contribution in [1.29, 1.82) is 0 Å². The molecule has 2 amide bonds. The second-order valence-electron chi connectivity index (χ2n) is 4.57. The maximum Gasteiger partial charge on any atom is 0.317 e. The number of carboxylic acids is 1.